The van der Waals surface area contributed by atoms with Crippen LogP contribution in [0.15, 0.2) is 24.5 Å². The summed E-state index contributed by atoms with van der Waals surface area (Å²) in [6.45, 7) is 2.73. The quantitative estimate of drug-likeness (QED) is 0.829. The second-order valence-electron chi connectivity index (χ2n) is 6.96. The van der Waals surface area contributed by atoms with Crippen LogP contribution in [0.5, 0.6) is 0 Å². The fourth-order valence-corrected chi connectivity index (χ4v) is 3.69. The molecule has 3 heterocycles. The van der Waals surface area contributed by atoms with Crippen molar-refractivity contribution < 1.29 is 18.4 Å². The summed E-state index contributed by atoms with van der Waals surface area (Å²) in [7, 11) is 0. The summed E-state index contributed by atoms with van der Waals surface area (Å²) in [5, 5.41) is 0. The van der Waals surface area contributed by atoms with E-state index in [1.165, 1.54) is 6.07 Å². The molecule has 0 atom stereocenters. The smallest absolute Gasteiger partial charge is 0.254 e. The topological polar surface area (TPSA) is 58.4 Å². The molecular weight excluding hydrogens is 354 g/mol. The molecule has 0 saturated carbocycles. The highest BCUT2D eigenvalue weighted by Gasteiger charge is 2.27. The second kappa shape index (κ2) is 7.09. The molecule has 0 spiro atoms. The number of carbonyl (C=O) groups excluding carboxylic acids is 2. The zero-order valence-electron chi connectivity index (χ0n) is 14.8. The minimum atomic E-state index is -1.03. The number of benzene rings is 1. The van der Waals surface area contributed by atoms with E-state index in [0.717, 1.165) is 49.5 Å². The Morgan fingerprint density at radius 3 is 2.70 bits per heavy atom. The SMILES string of the molecule is O=C1CCCN1Cc1ncn2c1CN(C(=O)c1ccc(F)c(F)c1)CCC2. The largest absolute Gasteiger partial charge is 0.337 e. The highest BCUT2D eigenvalue weighted by Crippen LogP contribution is 2.22. The Labute approximate surface area is 155 Å². The molecule has 27 heavy (non-hydrogen) atoms. The standard InChI is InChI=1S/C19H20F2N4O2/c20-14-5-4-13(9-15(14)21)19(27)24-7-2-8-25-12-22-16(17(25)11-24)10-23-6-1-3-18(23)26/h4-5,9,12H,1-3,6-8,10-11H2. The third kappa shape index (κ3) is 3.43. The molecule has 0 unspecified atom stereocenters. The number of hydrogen-bond acceptors (Lipinski definition) is 3. The van der Waals surface area contributed by atoms with Crippen molar-refractivity contribution in [2.45, 2.75) is 38.9 Å². The summed E-state index contributed by atoms with van der Waals surface area (Å²) in [5.41, 5.74) is 1.80. The highest BCUT2D eigenvalue weighted by molar-refractivity contribution is 5.94. The highest BCUT2D eigenvalue weighted by atomic mass is 19.2. The normalized spacial score (nSPS) is 17.2. The Morgan fingerprint density at radius 2 is 1.96 bits per heavy atom. The predicted molar refractivity (Wildman–Crippen MR) is 92.6 cm³/mol. The van der Waals surface area contributed by atoms with Crippen molar-refractivity contribution in [3.05, 3.63) is 53.1 Å². The van der Waals surface area contributed by atoms with Crippen LogP contribution in [0.4, 0.5) is 8.78 Å². The average molecular weight is 374 g/mol. The Balaban J connectivity index is 1.56. The summed E-state index contributed by atoms with van der Waals surface area (Å²) >= 11 is 0. The molecule has 2 aromatic rings. The van der Waals surface area contributed by atoms with Gasteiger partial charge in [0, 0.05) is 31.6 Å². The minimum Gasteiger partial charge on any atom is -0.337 e. The first kappa shape index (κ1) is 17.6. The van der Waals surface area contributed by atoms with Gasteiger partial charge in [-0.1, -0.05) is 0 Å². The average Bonchev–Trinajstić information content (AvgIpc) is 3.16. The van der Waals surface area contributed by atoms with Gasteiger partial charge in [0.1, 0.15) is 0 Å². The lowest BCUT2D eigenvalue weighted by molar-refractivity contribution is -0.128. The van der Waals surface area contributed by atoms with E-state index >= 15 is 0 Å². The number of imidazole rings is 1. The molecule has 1 fully saturated rings. The van der Waals surface area contributed by atoms with Crippen LogP contribution in [0.3, 0.4) is 0 Å². The van der Waals surface area contributed by atoms with Gasteiger partial charge in [-0.2, -0.15) is 0 Å². The van der Waals surface area contributed by atoms with Crippen molar-refractivity contribution in [3.63, 3.8) is 0 Å². The number of rotatable bonds is 3. The van der Waals surface area contributed by atoms with Crippen LogP contribution in [0, 0.1) is 11.6 Å². The van der Waals surface area contributed by atoms with Gasteiger partial charge in [0.05, 0.1) is 30.8 Å². The van der Waals surface area contributed by atoms with Crippen LogP contribution in [0.2, 0.25) is 0 Å². The van der Waals surface area contributed by atoms with Crippen LogP contribution >= 0.6 is 0 Å². The van der Waals surface area contributed by atoms with Crippen LogP contribution in [0.1, 0.15) is 41.0 Å². The first-order valence-corrected chi connectivity index (χ1v) is 9.08. The zero-order valence-corrected chi connectivity index (χ0v) is 14.8. The molecule has 0 N–H and O–H groups in total. The third-order valence-electron chi connectivity index (χ3n) is 5.17. The van der Waals surface area contributed by atoms with Crippen LogP contribution < -0.4 is 0 Å². The molecule has 2 aliphatic rings. The fraction of sp³-hybridized carbons (Fsp3) is 0.421. The maximum Gasteiger partial charge on any atom is 0.254 e. The molecule has 2 amide bonds. The van der Waals surface area contributed by atoms with Gasteiger partial charge in [0.15, 0.2) is 11.6 Å². The number of amides is 2. The molecule has 0 radical (unpaired) electrons. The Morgan fingerprint density at radius 1 is 1.11 bits per heavy atom. The first-order valence-electron chi connectivity index (χ1n) is 9.08. The summed E-state index contributed by atoms with van der Waals surface area (Å²) in [6, 6.07) is 3.20. The number of hydrogen-bond donors (Lipinski definition) is 0. The molecule has 0 bridgehead atoms. The van der Waals surface area contributed by atoms with Gasteiger partial charge in [0.25, 0.3) is 5.91 Å². The van der Waals surface area contributed by atoms with E-state index in [0.29, 0.717) is 26.1 Å². The van der Waals surface area contributed by atoms with Crippen molar-refractivity contribution in [1.82, 2.24) is 19.4 Å². The lowest BCUT2D eigenvalue weighted by Gasteiger charge is -2.22. The third-order valence-corrected chi connectivity index (χ3v) is 5.17. The molecule has 8 heteroatoms. The van der Waals surface area contributed by atoms with Crippen LogP contribution in [-0.2, 0) is 24.4 Å². The molecule has 2 aliphatic heterocycles. The van der Waals surface area contributed by atoms with Crippen molar-refractivity contribution >= 4 is 11.8 Å². The van der Waals surface area contributed by atoms with Gasteiger partial charge < -0.3 is 14.4 Å². The Hall–Kier alpha value is -2.77. The number of nitrogens with zero attached hydrogens (tertiary/aromatic N) is 4. The summed E-state index contributed by atoms with van der Waals surface area (Å²) in [6.07, 6.45) is 3.91. The van der Waals surface area contributed by atoms with E-state index in [2.05, 4.69) is 4.98 Å². The molecule has 0 aliphatic carbocycles. The Kier molecular flexibility index (Phi) is 4.63. The van der Waals surface area contributed by atoms with Crippen LogP contribution in [0.25, 0.3) is 0 Å². The van der Waals surface area contributed by atoms with Gasteiger partial charge in [-0.05, 0) is 31.0 Å². The van der Waals surface area contributed by atoms with Gasteiger partial charge >= 0.3 is 0 Å². The first-order chi connectivity index (χ1) is 13.0. The van der Waals surface area contributed by atoms with Gasteiger partial charge in [0.2, 0.25) is 5.91 Å². The molecule has 1 saturated heterocycles. The van der Waals surface area contributed by atoms with E-state index < -0.39 is 11.6 Å². The van der Waals surface area contributed by atoms with Crippen LogP contribution in [-0.4, -0.2) is 44.3 Å². The van der Waals surface area contributed by atoms with Gasteiger partial charge in [-0.25, -0.2) is 13.8 Å². The molecule has 4 rings (SSSR count). The maximum absolute atomic E-state index is 13.5. The zero-order chi connectivity index (χ0) is 19.0. The molecule has 142 valence electrons. The van der Waals surface area contributed by atoms with E-state index in [4.69, 9.17) is 0 Å². The minimum absolute atomic E-state index is 0.123. The predicted octanol–water partition coefficient (Wildman–Crippen LogP) is 2.33. The number of halogens is 2. The molecule has 1 aromatic heterocycles. The monoisotopic (exact) mass is 374 g/mol. The molecule has 6 nitrogen and oxygen atoms in total. The van der Waals surface area contributed by atoms with E-state index in [1.807, 2.05) is 4.57 Å². The van der Waals surface area contributed by atoms with Gasteiger partial charge in [-0.15, -0.1) is 0 Å². The summed E-state index contributed by atoms with van der Waals surface area (Å²) in [4.78, 5) is 32.6. The summed E-state index contributed by atoms with van der Waals surface area (Å²) in [5.74, 6) is -2.22. The Bertz CT molecular complexity index is 896. The van der Waals surface area contributed by atoms with Crippen molar-refractivity contribution in [2.24, 2.45) is 0 Å². The van der Waals surface area contributed by atoms with Gasteiger partial charge in [-0.3, -0.25) is 9.59 Å². The number of likely N-dealkylation sites (tertiary alicyclic amines) is 1. The lowest BCUT2D eigenvalue weighted by atomic mass is 10.1. The number of aryl methyl sites for hydroxylation is 1. The molecule has 1 aromatic carbocycles. The van der Waals surface area contributed by atoms with E-state index in [-0.39, 0.29) is 17.4 Å². The van der Waals surface area contributed by atoms with E-state index in [1.54, 1.807) is 16.1 Å². The van der Waals surface area contributed by atoms with Crippen molar-refractivity contribution in [1.29, 1.82) is 0 Å². The number of aromatic nitrogens is 2. The van der Waals surface area contributed by atoms with E-state index in [9.17, 15) is 18.4 Å². The van der Waals surface area contributed by atoms with Crippen molar-refractivity contribution in [3.8, 4) is 0 Å². The lowest BCUT2D eigenvalue weighted by Crippen LogP contribution is -2.32. The molecular formula is C19H20F2N4O2. The van der Waals surface area contributed by atoms with Crippen molar-refractivity contribution in [2.75, 3.05) is 13.1 Å². The fourth-order valence-electron chi connectivity index (χ4n) is 3.69. The summed E-state index contributed by atoms with van der Waals surface area (Å²) < 4.78 is 28.7. The maximum atomic E-state index is 13.5. The number of fused-ring (bicyclic) bond motifs is 1. The second-order valence-corrected chi connectivity index (χ2v) is 6.96. The number of carbonyl (C=O) groups is 2.